The molecule has 1 aromatic carbocycles. The molecular formula is C14H15BrClNO3. The molecule has 4 nitrogen and oxygen atoms in total. The van der Waals surface area contributed by atoms with Crippen LogP contribution < -0.4 is 0 Å². The van der Waals surface area contributed by atoms with E-state index >= 15 is 0 Å². The first kappa shape index (κ1) is 15.3. The number of amides is 1. The standard InChI is InChI=1S/C14H15BrClNO3/c1-7-5-9(6-11(16)12(7)15)13(18)17-4-3-10(8(17)2)14(19)20/h5-6,8,10H,3-4H2,1-2H3,(H,19,20). The molecule has 108 valence electrons. The van der Waals surface area contributed by atoms with Crippen molar-refractivity contribution in [1.29, 1.82) is 0 Å². The summed E-state index contributed by atoms with van der Waals surface area (Å²) in [6.45, 7) is 4.10. The fraction of sp³-hybridized carbons (Fsp3) is 0.429. The minimum absolute atomic E-state index is 0.168. The number of likely N-dealkylation sites (tertiary alicyclic amines) is 1. The fourth-order valence-electron chi connectivity index (χ4n) is 2.57. The molecule has 2 atom stereocenters. The van der Waals surface area contributed by atoms with Crippen LogP contribution in [0.5, 0.6) is 0 Å². The second-order valence-electron chi connectivity index (χ2n) is 5.06. The number of aliphatic carboxylic acids is 1. The highest BCUT2D eigenvalue weighted by Gasteiger charge is 2.38. The maximum atomic E-state index is 12.5. The van der Waals surface area contributed by atoms with Gasteiger partial charge in [-0.2, -0.15) is 0 Å². The number of carboxylic acids is 1. The summed E-state index contributed by atoms with van der Waals surface area (Å²) in [7, 11) is 0. The molecule has 1 amide bonds. The molecule has 6 heteroatoms. The van der Waals surface area contributed by atoms with Crippen LogP contribution in [0, 0.1) is 12.8 Å². The second kappa shape index (κ2) is 5.74. The van der Waals surface area contributed by atoms with Crippen molar-refractivity contribution in [1.82, 2.24) is 4.90 Å². The summed E-state index contributed by atoms with van der Waals surface area (Å²) in [6.07, 6.45) is 0.492. The van der Waals surface area contributed by atoms with Crippen molar-refractivity contribution in [3.8, 4) is 0 Å². The van der Waals surface area contributed by atoms with Gasteiger partial charge in [-0.05, 0) is 53.9 Å². The van der Waals surface area contributed by atoms with Gasteiger partial charge < -0.3 is 10.0 Å². The number of carboxylic acid groups (broad SMARTS) is 1. The van der Waals surface area contributed by atoms with Crippen LogP contribution >= 0.6 is 27.5 Å². The molecule has 0 bridgehead atoms. The Morgan fingerprint density at radius 2 is 2.10 bits per heavy atom. The number of halogens is 2. The van der Waals surface area contributed by atoms with Crippen molar-refractivity contribution >= 4 is 39.4 Å². The Morgan fingerprint density at radius 1 is 1.45 bits per heavy atom. The van der Waals surface area contributed by atoms with Gasteiger partial charge in [0.1, 0.15) is 0 Å². The van der Waals surface area contributed by atoms with E-state index in [2.05, 4.69) is 15.9 Å². The van der Waals surface area contributed by atoms with Gasteiger partial charge >= 0.3 is 5.97 Å². The summed E-state index contributed by atoms with van der Waals surface area (Å²) in [6, 6.07) is 3.07. The lowest BCUT2D eigenvalue weighted by Gasteiger charge is -2.23. The molecule has 1 aromatic rings. The van der Waals surface area contributed by atoms with E-state index in [0.717, 1.165) is 10.0 Å². The normalized spacial score (nSPS) is 22.1. The third-order valence-electron chi connectivity index (χ3n) is 3.79. The SMILES string of the molecule is Cc1cc(C(=O)N2CCC(C(=O)O)C2C)cc(Cl)c1Br. The van der Waals surface area contributed by atoms with Gasteiger partial charge in [0.2, 0.25) is 0 Å². The summed E-state index contributed by atoms with van der Waals surface area (Å²) < 4.78 is 0.772. The Bertz CT molecular complexity index is 553. The Kier molecular flexibility index (Phi) is 4.39. The molecule has 0 aromatic heterocycles. The number of carbonyl (C=O) groups is 2. The molecule has 1 heterocycles. The molecule has 0 spiro atoms. The van der Waals surface area contributed by atoms with Crippen molar-refractivity contribution in [2.24, 2.45) is 5.92 Å². The first-order valence-corrected chi connectivity index (χ1v) is 7.49. The molecular weight excluding hydrogens is 346 g/mol. The van der Waals surface area contributed by atoms with Gasteiger partial charge in [0, 0.05) is 22.6 Å². The van der Waals surface area contributed by atoms with Crippen LogP contribution in [-0.2, 0) is 4.79 Å². The number of hydrogen-bond donors (Lipinski definition) is 1. The summed E-state index contributed by atoms with van der Waals surface area (Å²) in [4.78, 5) is 25.2. The number of hydrogen-bond acceptors (Lipinski definition) is 2. The maximum absolute atomic E-state index is 12.5. The van der Waals surface area contributed by atoms with Crippen molar-refractivity contribution < 1.29 is 14.7 Å². The van der Waals surface area contributed by atoms with Crippen LogP contribution in [0.25, 0.3) is 0 Å². The van der Waals surface area contributed by atoms with Gasteiger partial charge in [0.05, 0.1) is 10.9 Å². The van der Waals surface area contributed by atoms with E-state index in [4.69, 9.17) is 16.7 Å². The largest absolute Gasteiger partial charge is 0.481 e. The predicted octanol–water partition coefficient (Wildman–Crippen LogP) is 3.35. The molecule has 1 fully saturated rings. The van der Waals surface area contributed by atoms with Crippen molar-refractivity contribution in [3.05, 3.63) is 32.8 Å². The highest BCUT2D eigenvalue weighted by molar-refractivity contribution is 9.10. The molecule has 20 heavy (non-hydrogen) atoms. The smallest absolute Gasteiger partial charge is 0.308 e. The molecule has 0 saturated carbocycles. The molecule has 1 aliphatic rings. The Morgan fingerprint density at radius 3 is 2.60 bits per heavy atom. The number of nitrogens with zero attached hydrogens (tertiary/aromatic N) is 1. The van der Waals surface area contributed by atoms with Gasteiger partial charge in [0.25, 0.3) is 5.91 Å². The van der Waals surface area contributed by atoms with Gasteiger partial charge in [-0.1, -0.05) is 11.6 Å². The van der Waals surface area contributed by atoms with Crippen molar-refractivity contribution in [2.75, 3.05) is 6.54 Å². The van der Waals surface area contributed by atoms with Gasteiger partial charge in [-0.25, -0.2) is 0 Å². The Labute approximate surface area is 130 Å². The topological polar surface area (TPSA) is 57.6 Å². The average molecular weight is 361 g/mol. The van der Waals surface area contributed by atoms with Crippen LogP contribution in [0.4, 0.5) is 0 Å². The van der Waals surface area contributed by atoms with Crippen LogP contribution in [-0.4, -0.2) is 34.5 Å². The molecule has 2 unspecified atom stereocenters. The minimum Gasteiger partial charge on any atom is -0.481 e. The summed E-state index contributed by atoms with van der Waals surface area (Å²) >= 11 is 9.43. The van der Waals surface area contributed by atoms with Gasteiger partial charge in [0.15, 0.2) is 0 Å². The van der Waals surface area contributed by atoms with E-state index in [0.29, 0.717) is 23.6 Å². The zero-order valence-corrected chi connectivity index (χ0v) is 13.5. The zero-order chi connectivity index (χ0) is 15.0. The monoisotopic (exact) mass is 359 g/mol. The number of benzene rings is 1. The van der Waals surface area contributed by atoms with Crippen LogP contribution in [0.15, 0.2) is 16.6 Å². The van der Waals surface area contributed by atoms with Crippen LogP contribution in [0.2, 0.25) is 5.02 Å². The summed E-state index contributed by atoms with van der Waals surface area (Å²) in [5.41, 5.74) is 1.37. The first-order valence-electron chi connectivity index (χ1n) is 6.32. The minimum atomic E-state index is -0.849. The van der Waals surface area contributed by atoms with Crippen LogP contribution in [0.3, 0.4) is 0 Å². The zero-order valence-electron chi connectivity index (χ0n) is 11.2. The molecule has 1 saturated heterocycles. The van der Waals surface area contributed by atoms with E-state index in [9.17, 15) is 9.59 Å². The van der Waals surface area contributed by atoms with E-state index < -0.39 is 11.9 Å². The quantitative estimate of drug-likeness (QED) is 0.880. The lowest BCUT2D eigenvalue weighted by molar-refractivity contribution is -0.142. The Hall–Kier alpha value is -1.07. The molecule has 1 N–H and O–H groups in total. The van der Waals surface area contributed by atoms with Crippen LogP contribution in [0.1, 0.15) is 29.3 Å². The molecule has 1 aliphatic heterocycles. The molecule has 2 rings (SSSR count). The third kappa shape index (κ3) is 2.69. The second-order valence-corrected chi connectivity index (χ2v) is 6.26. The number of rotatable bonds is 2. The number of carbonyl (C=O) groups excluding carboxylic acids is 1. The third-order valence-corrected chi connectivity index (χ3v) is 5.37. The van der Waals surface area contributed by atoms with Crippen molar-refractivity contribution in [2.45, 2.75) is 26.3 Å². The van der Waals surface area contributed by atoms with Gasteiger partial charge in [-0.15, -0.1) is 0 Å². The molecule has 0 aliphatic carbocycles. The average Bonchev–Trinajstić information content (AvgIpc) is 2.76. The number of aryl methyl sites for hydroxylation is 1. The van der Waals surface area contributed by atoms with E-state index in [1.807, 2.05) is 6.92 Å². The first-order chi connectivity index (χ1) is 9.32. The molecule has 0 radical (unpaired) electrons. The van der Waals surface area contributed by atoms with Crippen molar-refractivity contribution in [3.63, 3.8) is 0 Å². The fourth-order valence-corrected chi connectivity index (χ4v) is 3.07. The van der Waals surface area contributed by atoms with E-state index in [-0.39, 0.29) is 11.9 Å². The van der Waals surface area contributed by atoms with Gasteiger partial charge in [-0.3, -0.25) is 9.59 Å². The lowest BCUT2D eigenvalue weighted by atomic mass is 10.0. The van der Waals surface area contributed by atoms with E-state index in [1.54, 1.807) is 24.0 Å². The predicted molar refractivity (Wildman–Crippen MR) is 80.1 cm³/mol. The maximum Gasteiger partial charge on any atom is 0.308 e. The van der Waals surface area contributed by atoms with E-state index in [1.165, 1.54) is 0 Å². The highest BCUT2D eigenvalue weighted by atomic mass is 79.9. The Balaban J connectivity index is 2.27. The lowest BCUT2D eigenvalue weighted by Crippen LogP contribution is -2.37. The highest BCUT2D eigenvalue weighted by Crippen LogP contribution is 2.30. The summed E-state index contributed by atoms with van der Waals surface area (Å²) in [5.74, 6) is -1.51. The summed E-state index contributed by atoms with van der Waals surface area (Å²) in [5, 5.41) is 9.59.